The molecular weight excluding hydrogens is 528 g/mol. The van der Waals surface area contributed by atoms with Crippen LogP contribution in [0.15, 0.2) is 90.9 Å². The highest BCUT2D eigenvalue weighted by Crippen LogP contribution is 2.42. The van der Waals surface area contributed by atoms with Gasteiger partial charge in [0.2, 0.25) is 0 Å². The Morgan fingerprint density at radius 3 is 1.61 bits per heavy atom. The molecule has 3 aromatic carbocycles. The monoisotopic (exact) mass is 576 g/mol. The molecule has 3 aromatic rings. The molecule has 222 valence electrons. The Morgan fingerprint density at radius 2 is 1.12 bits per heavy atom. The zero-order valence-electron chi connectivity index (χ0n) is 25.1. The first kappa shape index (κ1) is 32.5. The minimum atomic E-state index is -0.977. The van der Waals surface area contributed by atoms with Crippen LogP contribution in [-0.4, -0.2) is 30.8 Å². The largest absolute Gasteiger partial charge is 0.508 e. The first-order valence-electron chi connectivity index (χ1n) is 15.1. The van der Waals surface area contributed by atoms with Crippen molar-refractivity contribution in [1.82, 2.24) is 0 Å². The van der Waals surface area contributed by atoms with Crippen molar-refractivity contribution in [2.75, 3.05) is 25.7 Å². The Hall–Kier alpha value is -3.05. The maximum absolute atomic E-state index is 10.9. The molecular formula is C36H48O4S. The Balaban J connectivity index is 1.67. The molecule has 0 aliphatic rings. The van der Waals surface area contributed by atoms with Crippen molar-refractivity contribution in [2.45, 2.75) is 76.7 Å². The second kappa shape index (κ2) is 18.4. The molecule has 0 unspecified atom stereocenters. The Morgan fingerprint density at radius 1 is 0.659 bits per heavy atom. The van der Waals surface area contributed by atoms with Crippen LogP contribution in [0.1, 0.15) is 87.8 Å². The van der Waals surface area contributed by atoms with E-state index in [1.807, 2.05) is 66.7 Å². The average Bonchev–Trinajstić information content (AvgIpc) is 3.03. The minimum absolute atomic E-state index is 0.226. The summed E-state index contributed by atoms with van der Waals surface area (Å²) in [4.78, 5) is 0. The zero-order chi connectivity index (χ0) is 29.2. The van der Waals surface area contributed by atoms with Crippen LogP contribution in [0, 0.1) is 0 Å². The van der Waals surface area contributed by atoms with Crippen molar-refractivity contribution < 1.29 is 19.3 Å². The number of aliphatic hydroxyl groups is 1. The third kappa shape index (κ3) is 10.1. The molecule has 41 heavy (non-hydrogen) atoms. The fourth-order valence-corrected chi connectivity index (χ4v) is 5.92. The Bertz CT molecular complexity index is 1080. The quantitative estimate of drug-likeness (QED) is 0.0824. The van der Waals surface area contributed by atoms with Crippen LogP contribution in [0.4, 0.5) is 0 Å². The predicted octanol–water partition coefficient (Wildman–Crippen LogP) is 10.1. The van der Waals surface area contributed by atoms with E-state index in [1.165, 1.54) is 70.5 Å². The third-order valence-corrected chi connectivity index (χ3v) is 8.51. The predicted molar refractivity (Wildman–Crippen MR) is 173 cm³/mol. The van der Waals surface area contributed by atoms with Gasteiger partial charge in [-0.15, -0.1) is 0 Å². The Kier molecular flexibility index (Phi) is 14.6. The lowest BCUT2D eigenvalue weighted by molar-refractivity contribution is 0.0899. The van der Waals surface area contributed by atoms with Gasteiger partial charge in [-0.3, -0.25) is 0 Å². The molecule has 0 aromatic heterocycles. The summed E-state index contributed by atoms with van der Waals surface area (Å²) in [5.41, 5.74) is 1.83. The summed E-state index contributed by atoms with van der Waals surface area (Å²) in [7, 11) is 3.32. The van der Waals surface area contributed by atoms with Crippen LogP contribution in [0.2, 0.25) is 0 Å². The van der Waals surface area contributed by atoms with Gasteiger partial charge in [-0.2, -0.15) is 11.8 Å². The van der Waals surface area contributed by atoms with Crippen LogP contribution in [0.3, 0.4) is 0 Å². The molecule has 3 rings (SSSR count). The van der Waals surface area contributed by atoms with Gasteiger partial charge in [-0.25, -0.2) is 0 Å². The number of hydrogen-bond donors (Lipinski definition) is 1. The molecule has 0 saturated carbocycles. The van der Waals surface area contributed by atoms with Gasteiger partial charge in [0.05, 0.1) is 20.0 Å². The number of rotatable bonds is 20. The van der Waals surface area contributed by atoms with Gasteiger partial charge >= 0.3 is 0 Å². The van der Waals surface area contributed by atoms with E-state index in [1.54, 1.807) is 26.0 Å². The first-order valence-corrected chi connectivity index (χ1v) is 16.3. The van der Waals surface area contributed by atoms with Crippen molar-refractivity contribution in [2.24, 2.45) is 0 Å². The molecule has 0 atom stereocenters. The molecule has 0 amide bonds. The SMILES string of the molecule is CCCCCCCCCCCCSC/C(O)=C/OC(c1ccccc1)(c1ccc(OC)cc1)c1ccc(OC)cc1. The summed E-state index contributed by atoms with van der Waals surface area (Å²) < 4.78 is 17.5. The lowest BCUT2D eigenvalue weighted by atomic mass is 9.80. The van der Waals surface area contributed by atoms with Crippen LogP contribution < -0.4 is 9.47 Å². The van der Waals surface area contributed by atoms with Crippen molar-refractivity contribution in [3.05, 3.63) is 108 Å². The van der Waals surface area contributed by atoms with Gasteiger partial charge in [0.15, 0.2) is 5.60 Å². The molecule has 0 radical (unpaired) electrons. The van der Waals surface area contributed by atoms with Gasteiger partial charge in [0.1, 0.15) is 23.5 Å². The molecule has 0 heterocycles. The van der Waals surface area contributed by atoms with Gasteiger partial charge in [-0.05, 0) is 36.4 Å². The summed E-state index contributed by atoms with van der Waals surface area (Å²) in [6, 6.07) is 25.9. The van der Waals surface area contributed by atoms with Crippen molar-refractivity contribution in [1.29, 1.82) is 0 Å². The van der Waals surface area contributed by atoms with E-state index in [9.17, 15) is 5.11 Å². The highest BCUT2D eigenvalue weighted by Gasteiger charge is 2.38. The average molecular weight is 577 g/mol. The molecule has 0 saturated heterocycles. The smallest absolute Gasteiger partial charge is 0.183 e. The Labute approximate surface area is 252 Å². The summed E-state index contributed by atoms with van der Waals surface area (Å²) >= 11 is 1.76. The fraction of sp³-hybridized carbons (Fsp3) is 0.444. The van der Waals surface area contributed by atoms with E-state index in [4.69, 9.17) is 14.2 Å². The van der Waals surface area contributed by atoms with Crippen LogP contribution >= 0.6 is 11.8 Å². The van der Waals surface area contributed by atoms with Crippen molar-refractivity contribution in [3.8, 4) is 11.5 Å². The summed E-state index contributed by atoms with van der Waals surface area (Å²) in [6.45, 7) is 2.27. The van der Waals surface area contributed by atoms with E-state index >= 15 is 0 Å². The van der Waals surface area contributed by atoms with E-state index in [2.05, 4.69) is 19.1 Å². The van der Waals surface area contributed by atoms with Gasteiger partial charge < -0.3 is 19.3 Å². The normalized spacial score (nSPS) is 11.8. The molecule has 1 N–H and O–H groups in total. The van der Waals surface area contributed by atoms with E-state index in [0.717, 1.165) is 33.9 Å². The topological polar surface area (TPSA) is 47.9 Å². The van der Waals surface area contributed by atoms with Crippen LogP contribution in [-0.2, 0) is 10.3 Å². The van der Waals surface area contributed by atoms with Crippen LogP contribution in [0.5, 0.6) is 11.5 Å². The van der Waals surface area contributed by atoms with Gasteiger partial charge in [-0.1, -0.05) is 119 Å². The lowest BCUT2D eigenvalue weighted by Gasteiger charge is -2.35. The minimum Gasteiger partial charge on any atom is -0.508 e. The van der Waals surface area contributed by atoms with Crippen LogP contribution in [0.25, 0.3) is 0 Å². The van der Waals surface area contributed by atoms with E-state index in [0.29, 0.717) is 5.75 Å². The molecule has 0 aliphatic carbocycles. The molecule has 4 nitrogen and oxygen atoms in total. The molecule has 0 bridgehead atoms. The number of ether oxygens (including phenoxy) is 3. The standard InChI is InChI=1S/C36H48O4S/c1-4-5-6-7-8-9-10-11-12-16-27-41-29-33(37)28-40-36(30-17-14-13-15-18-30,31-19-23-34(38-2)24-20-31)32-21-25-35(39-3)26-22-32/h13-15,17-26,28,37H,4-12,16,27,29H2,1-3H3/b33-28-. The molecule has 0 spiro atoms. The lowest BCUT2D eigenvalue weighted by Crippen LogP contribution is -2.31. The highest BCUT2D eigenvalue weighted by atomic mass is 32.2. The second-order valence-corrected chi connectivity index (χ2v) is 11.6. The molecule has 5 heteroatoms. The number of unbranched alkanes of at least 4 members (excludes halogenated alkanes) is 9. The molecule has 0 fully saturated rings. The summed E-state index contributed by atoms with van der Waals surface area (Å²) in [5, 5.41) is 10.9. The number of benzene rings is 3. The maximum Gasteiger partial charge on any atom is 0.183 e. The number of aliphatic hydroxyl groups excluding tert-OH is 1. The highest BCUT2D eigenvalue weighted by molar-refractivity contribution is 7.99. The van der Waals surface area contributed by atoms with Crippen molar-refractivity contribution in [3.63, 3.8) is 0 Å². The van der Waals surface area contributed by atoms with Gasteiger partial charge in [0, 0.05) is 16.7 Å². The van der Waals surface area contributed by atoms with E-state index < -0.39 is 5.60 Å². The maximum atomic E-state index is 10.9. The summed E-state index contributed by atoms with van der Waals surface area (Å²) in [5.74, 6) is 3.33. The number of thioether (sulfide) groups is 1. The fourth-order valence-electron chi connectivity index (χ4n) is 5.09. The van der Waals surface area contributed by atoms with E-state index in [-0.39, 0.29) is 5.76 Å². The number of methoxy groups -OCH3 is 2. The zero-order valence-corrected chi connectivity index (χ0v) is 26.0. The molecule has 0 aliphatic heterocycles. The third-order valence-electron chi connectivity index (χ3n) is 7.44. The second-order valence-electron chi connectivity index (χ2n) is 10.5. The van der Waals surface area contributed by atoms with Gasteiger partial charge in [0.25, 0.3) is 0 Å². The summed E-state index contributed by atoms with van der Waals surface area (Å²) in [6.07, 6.45) is 14.8. The van der Waals surface area contributed by atoms with Crippen molar-refractivity contribution >= 4 is 11.8 Å². The first-order chi connectivity index (χ1) is 20.1. The number of hydrogen-bond acceptors (Lipinski definition) is 5.